The van der Waals surface area contributed by atoms with Crippen molar-refractivity contribution in [2.75, 3.05) is 38.2 Å². The van der Waals surface area contributed by atoms with Gasteiger partial charge in [-0.15, -0.1) is 10.2 Å². The summed E-state index contributed by atoms with van der Waals surface area (Å²) in [5, 5.41) is 19.6. The third kappa shape index (κ3) is 6.04. The Hall–Kier alpha value is -4.02. The first kappa shape index (κ1) is 26.1. The highest BCUT2D eigenvalue weighted by Crippen LogP contribution is 2.28. The summed E-state index contributed by atoms with van der Waals surface area (Å²) in [7, 11) is 1.40. The van der Waals surface area contributed by atoms with Crippen molar-refractivity contribution in [3.63, 3.8) is 0 Å². The van der Waals surface area contributed by atoms with Crippen LogP contribution in [0.3, 0.4) is 0 Å². The first-order chi connectivity index (χ1) is 17.8. The standard InChI is InChI=1S/C26H33N7O4/c1-16(34)32-11-13-33(14-12-32)24-21(25(35)29-20-9-7-19(8-10-20)26(36)37-2)15-22(30-31-24)17-3-5-18(6-4-17)23(27)28/h3-6,15,19-20H,7-14H2,1-2H3,(H3,27,28)(H,29,35). The van der Waals surface area contributed by atoms with Gasteiger partial charge >= 0.3 is 5.97 Å². The predicted molar refractivity (Wildman–Crippen MR) is 138 cm³/mol. The number of hydrogen-bond acceptors (Lipinski definition) is 8. The summed E-state index contributed by atoms with van der Waals surface area (Å²) in [4.78, 5) is 40.9. The molecule has 11 heteroatoms. The molecule has 37 heavy (non-hydrogen) atoms. The van der Waals surface area contributed by atoms with Gasteiger partial charge in [0.25, 0.3) is 5.91 Å². The SMILES string of the molecule is COC(=O)C1CCC(NC(=O)c2cc(-c3ccc(C(=N)N)cc3)nnc2N2CCN(C(C)=O)CC2)CC1. The molecule has 1 aromatic carbocycles. The Morgan fingerprint density at radius 2 is 1.68 bits per heavy atom. The number of anilines is 1. The van der Waals surface area contributed by atoms with E-state index in [-0.39, 0.29) is 35.6 Å². The summed E-state index contributed by atoms with van der Waals surface area (Å²) in [6.45, 7) is 3.74. The van der Waals surface area contributed by atoms with Crippen molar-refractivity contribution >= 4 is 29.4 Å². The van der Waals surface area contributed by atoms with Crippen LogP contribution >= 0.6 is 0 Å². The Morgan fingerprint density at radius 3 is 2.24 bits per heavy atom. The van der Waals surface area contributed by atoms with E-state index in [4.69, 9.17) is 15.9 Å². The molecule has 1 aliphatic carbocycles. The average molecular weight is 508 g/mol. The van der Waals surface area contributed by atoms with Crippen LogP contribution in [0.5, 0.6) is 0 Å². The molecule has 2 amide bonds. The number of rotatable bonds is 6. The van der Waals surface area contributed by atoms with Gasteiger partial charge in [0.05, 0.1) is 24.3 Å². The highest BCUT2D eigenvalue weighted by Gasteiger charge is 2.30. The van der Waals surface area contributed by atoms with Gasteiger partial charge in [0.2, 0.25) is 5.91 Å². The minimum atomic E-state index is -0.248. The fourth-order valence-corrected chi connectivity index (χ4v) is 4.88. The van der Waals surface area contributed by atoms with Crippen molar-refractivity contribution < 1.29 is 19.1 Å². The second-order valence-corrected chi connectivity index (χ2v) is 9.50. The lowest BCUT2D eigenvalue weighted by molar-refractivity contribution is -0.146. The third-order valence-corrected chi connectivity index (χ3v) is 7.13. The molecule has 2 fully saturated rings. The highest BCUT2D eigenvalue weighted by molar-refractivity contribution is 6.00. The summed E-state index contributed by atoms with van der Waals surface area (Å²) < 4.78 is 4.87. The van der Waals surface area contributed by atoms with Gasteiger partial charge < -0.3 is 25.6 Å². The quantitative estimate of drug-likeness (QED) is 0.302. The maximum absolute atomic E-state index is 13.5. The second-order valence-electron chi connectivity index (χ2n) is 9.50. The molecule has 2 aliphatic rings. The number of carbonyl (C=O) groups excluding carboxylic acids is 3. The van der Waals surface area contributed by atoms with Gasteiger partial charge in [-0.05, 0) is 31.7 Å². The van der Waals surface area contributed by atoms with Gasteiger partial charge in [-0.2, -0.15) is 0 Å². The Morgan fingerprint density at radius 1 is 1.03 bits per heavy atom. The van der Waals surface area contributed by atoms with Crippen LogP contribution in [0, 0.1) is 11.3 Å². The number of nitrogens with two attached hydrogens (primary N) is 1. The van der Waals surface area contributed by atoms with Gasteiger partial charge in [-0.3, -0.25) is 19.8 Å². The number of methoxy groups -OCH3 is 1. The summed E-state index contributed by atoms with van der Waals surface area (Å²) >= 11 is 0. The van der Waals surface area contributed by atoms with Crippen molar-refractivity contribution in [1.29, 1.82) is 5.41 Å². The molecule has 2 heterocycles. The first-order valence-corrected chi connectivity index (χ1v) is 12.5. The predicted octanol–water partition coefficient (Wildman–Crippen LogP) is 1.56. The molecule has 196 valence electrons. The van der Waals surface area contributed by atoms with E-state index in [0.717, 1.165) is 5.56 Å². The van der Waals surface area contributed by atoms with E-state index in [2.05, 4.69) is 15.5 Å². The van der Waals surface area contributed by atoms with Gasteiger partial charge in [-0.1, -0.05) is 24.3 Å². The Balaban J connectivity index is 1.57. The van der Waals surface area contributed by atoms with Gasteiger partial charge in [0, 0.05) is 50.3 Å². The fraction of sp³-hybridized carbons (Fsp3) is 0.462. The molecule has 1 saturated carbocycles. The molecular weight excluding hydrogens is 474 g/mol. The molecule has 4 N–H and O–H groups in total. The van der Waals surface area contributed by atoms with Crippen LogP contribution in [0.2, 0.25) is 0 Å². The molecule has 0 atom stereocenters. The average Bonchev–Trinajstić information content (AvgIpc) is 2.92. The van der Waals surface area contributed by atoms with Gasteiger partial charge in [0.1, 0.15) is 5.84 Å². The minimum Gasteiger partial charge on any atom is -0.469 e. The van der Waals surface area contributed by atoms with Crippen LogP contribution < -0.4 is 16.0 Å². The summed E-state index contributed by atoms with van der Waals surface area (Å²) in [6, 6.07) is 8.73. The van der Waals surface area contributed by atoms with Crippen LogP contribution in [0.15, 0.2) is 30.3 Å². The van der Waals surface area contributed by atoms with E-state index < -0.39 is 0 Å². The number of nitrogens with zero attached hydrogens (tertiary/aromatic N) is 4. The largest absolute Gasteiger partial charge is 0.469 e. The molecular formula is C26H33N7O4. The summed E-state index contributed by atoms with van der Waals surface area (Å²) in [5.74, 6) is -0.0978. The number of aromatic nitrogens is 2. The number of ether oxygens (including phenoxy) is 1. The Labute approximate surface area is 215 Å². The number of hydrogen-bond donors (Lipinski definition) is 3. The number of nitrogen functional groups attached to an aromatic ring is 1. The summed E-state index contributed by atoms with van der Waals surface area (Å²) in [5.41, 5.74) is 7.85. The molecule has 2 aromatic rings. The monoisotopic (exact) mass is 507 g/mol. The zero-order valence-electron chi connectivity index (χ0n) is 21.2. The molecule has 0 spiro atoms. The number of nitrogens with one attached hydrogen (secondary N) is 2. The maximum atomic E-state index is 13.5. The molecule has 1 aromatic heterocycles. The van der Waals surface area contributed by atoms with E-state index in [0.29, 0.717) is 74.5 Å². The maximum Gasteiger partial charge on any atom is 0.308 e. The lowest BCUT2D eigenvalue weighted by Crippen LogP contribution is -2.49. The molecule has 1 saturated heterocycles. The Kier molecular flexibility index (Phi) is 8.00. The summed E-state index contributed by atoms with van der Waals surface area (Å²) in [6.07, 6.45) is 2.71. The van der Waals surface area contributed by atoms with Crippen molar-refractivity contribution in [3.8, 4) is 11.3 Å². The molecule has 4 rings (SSSR count). The van der Waals surface area contributed by atoms with Gasteiger partial charge in [-0.25, -0.2) is 0 Å². The van der Waals surface area contributed by atoms with Crippen molar-refractivity contribution in [1.82, 2.24) is 20.4 Å². The molecule has 0 bridgehead atoms. The van der Waals surface area contributed by atoms with Crippen molar-refractivity contribution in [3.05, 3.63) is 41.5 Å². The molecule has 0 unspecified atom stereocenters. The normalized spacial score (nSPS) is 19.7. The van der Waals surface area contributed by atoms with Crippen LogP contribution in [0.1, 0.15) is 48.5 Å². The van der Waals surface area contributed by atoms with Crippen LogP contribution in [-0.4, -0.2) is 78.0 Å². The number of benzene rings is 1. The number of carbonyl (C=O) groups is 3. The van der Waals surface area contributed by atoms with Crippen molar-refractivity contribution in [2.45, 2.75) is 38.6 Å². The second kappa shape index (κ2) is 11.4. The Bertz CT molecular complexity index is 1170. The lowest BCUT2D eigenvalue weighted by atomic mass is 9.86. The van der Waals surface area contributed by atoms with E-state index in [1.54, 1.807) is 42.2 Å². The van der Waals surface area contributed by atoms with Crippen LogP contribution in [0.25, 0.3) is 11.3 Å². The topological polar surface area (TPSA) is 155 Å². The molecule has 1 aliphatic heterocycles. The number of piperazine rings is 1. The number of esters is 1. The minimum absolute atomic E-state index is 0.0237. The van der Waals surface area contributed by atoms with E-state index >= 15 is 0 Å². The smallest absolute Gasteiger partial charge is 0.308 e. The third-order valence-electron chi connectivity index (χ3n) is 7.13. The van der Waals surface area contributed by atoms with Crippen molar-refractivity contribution in [2.24, 2.45) is 11.7 Å². The lowest BCUT2D eigenvalue weighted by Gasteiger charge is -2.35. The first-order valence-electron chi connectivity index (χ1n) is 12.5. The van der Waals surface area contributed by atoms with E-state index in [1.807, 2.05) is 4.90 Å². The highest BCUT2D eigenvalue weighted by atomic mass is 16.5. The number of amides is 2. The molecule has 0 radical (unpaired) electrons. The molecule has 11 nitrogen and oxygen atoms in total. The number of amidine groups is 1. The van der Waals surface area contributed by atoms with E-state index in [9.17, 15) is 14.4 Å². The van der Waals surface area contributed by atoms with Gasteiger partial charge in [0.15, 0.2) is 5.82 Å². The van der Waals surface area contributed by atoms with Crippen LogP contribution in [0.4, 0.5) is 5.82 Å². The van der Waals surface area contributed by atoms with Crippen LogP contribution in [-0.2, 0) is 14.3 Å². The fourth-order valence-electron chi connectivity index (χ4n) is 4.88. The zero-order valence-corrected chi connectivity index (χ0v) is 21.2. The zero-order chi connectivity index (χ0) is 26.5. The van der Waals surface area contributed by atoms with E-state index in [1.165, 1.54) is 7.11 Å².